The quantitative estimate of drug-likeness (QED) is 0.502. The maximum absolute atomic E-state index is 14.1. The Kier molecular flexibility index (Phi) is 6.49. The Morgan fingerprint density at radius 1 is 1.03 bits per heavy atom. The average molecular weight is 463 g/mol. The first kappa shape index (κ1) is 23.2. The van der Waals surface area contributed by atoms with E-state index in [0.717, 1.165) is 4.90 Å². The van der Waals surface area contributed by atoms with Crippen LogP contribution in [0.4, 0.5) is 8.78 Å². The van der Waals surface area contributed by atoms with Crippen LogP contribution in [0, 0.1) is 11.6 Å². The maximum atomic E-state index is 14.1. The normalized spacial score (nSPS) is 17.8. The molecule has 1 aliphatic rings. The highest BCUT2D eigenvalue weighted by Crippen LogP contribution is 2.41. The van der Waals surface area contributed by atoms with Crippen molar-refractivity contribution < 1.29 is 23.2 Å². The van der Waals surface area contributed by atoms with Crippen molar-refractivity contribution >= 4 is 17.7 Å². The highest BCUT2D eigenvalue weighted by Gasteiger charge is 2.54. The van der Waals surface area contributed by atoms with Crippen LogP contribution in [0.3, 0.4) is 0 Å². The zero-order valence-electron chi connectivity index (χ0n) is 18.6. The molecule has 1 aliphatic heterocycles. The molecule has 6 nitrogen and oxygen atoms in total. The van der Waals surface area contributed by atoms with Crippen LogP contribution in [0.2, 0.25) is 0 Å². The number of aromatic nitrogens is 1. The van der Waals surface area contributed by atoms with Gasteiger partial charge >= 0.3 is 0 Å². The fraction of sp³-hybridized carbons (Fsp3) is 0.231. The molecule has 0 radical (unpaired) electrons. The van der Waals surface area contributed by atoms with Crippen LogP contribution >= 0.6 is 0 Å². The van der Waals surface area contributed by atoms with Crippen molar-refractivity contribution in [3.05, 3.63) is 101 Å². The smallest absolute Gasteiger partial charge is 0.241 e. The van der Waals surface area contributed by atoms with E-state index in [2.05, 4.69) is 4.98 Å². The number of benzene rings is 2. The number of carbonyl (C=O) groups excluding carboxylic acids is 3. The van der Waals surface area contributed by atoms with Gasteiger partial charge in [0.2, 0.25) is 17.7 Å². The molecule has 3 aromatic rings. The first-order chi connectivity index (χ1) is 16.3. The molecular formula is C26H23F2N3O3. The second-order valence-electron chi connectivity index (χ2n) is 8.47. The molecule has 1 atom stereocenters. The lowest BCUT2D eigenvalue weighted by atomic mass is 9.75. The molecule has 0 N–H and O–H groups in total. The Balaban J connectivity index is 1.63. The Morgan fingerprint density at radius 2 is 1.79 bits per heavy atom. The number of imide groups is 1. The topological polar surface area (TPSA) is 70.6 Å². The van der Waals surface area contributed by atoms with Gasteiger partial charge in [0.1, 0.15) is 11.6 Å². The lowest BCUT2D eigenvalue weighted by Gasteiger charge is -2.29. The van der Waals surface area contributed by atoms with E-state index in [4.69, 9.17) is 0 Å². The third-order valence-electron chi connectivity index (χ3n) is 6.06. The highest BCUT2D eigenvalue weighted by molar-refractivity contribution is 6.10. The molecule has 0 spiro atoms. The molecule has 174 valence electrons. The third-order valence-corrected chi connectivity index (χ3v) is 6.06. The van der Waals surface area contributed by atoms with Crippen molar-refractivity contribution in [1.29, 1.82) is 0 Å². The molecule has 0 saturated carbocycles. The number of rotatable bonds is 7. The van der Waals surface area contributed by atoms with Gasteiger partial charge in [-0.15, -0.1) is 0 Å². The molecule has 2 aromatic carbocycles. The Labute approximate surface area is 195 Å². The van der Waals surface area contributed by atoms with E-state index in [1.165, 1.54) is 35.2 Å². The van der Waals surface area contributed by atoms with Gasteiger partial charge in [0.05, 0.1) is 12.0 Å². The number of amides is 3. The van der Waals surface area contributed by atoms with E-state index < -0.39 is 29.0 Å². The Morgan fingerprint density at radius 3 is 2.47 bits per heavy atom. The summed E-state index contributed by atoms with van der Waals surface area (Å²) in [4.78, 5) is 46.4. The minimum atomic E-state index is -1.52. The van der Waals surface area contributed by atoms with E-state index in [9.17, 15) is 23.2 Å². The lowest BCUT2D eigenvalue weighted by Crippen LogP contribution is -2.42. The van der Waals surface area contributed by atoms with Gasteiger partial charge in [-0.3, -0.25) is 24.3 Å². The first-order valence-electron chi connectivity index (χ1n) is 10.8. The number of carbonyl (C=O) groups is 3. The largest absolute Gasteiger partial charge is 0.341 e. The molecule has 0 bridgehead atoms. The van der Waals surface area contributed by atoms with Crippen LogP contribution in [-0.4, -0.2) is 39.6 Å². The Bertz CT molecular complexity index is 1220. The zero-order valence-corrected chi connectivity index (χ0v) is 18.6. The molecule has 34 heavy (non-hydrogen) atoms. The van der Waals surface area contributed by atoms with Gasteiger partial charge in [0.15, 0.2) is 0 Å². The predicted molar refractivity (Wildman–Crippen MR) is 120 cm³/mol. The van der Waals surface area contributed by atoms with Gasteiger partial charge in [-0.1, -0.05) is 30.3 Å². The minimum Gasteiger partial charge on any atom is -0.341 e. The number of nitrogens with zero attached hydrogens (tertiary/aromatic N) is 3. The SMILES string of the molecule is CN(Cc1ccc(F)cc1)C(=O)C[C@@]1(c2cccc(F)c2)CC(=O)N(Cc2cccnc2)C1=O. The second-order valence-corrected chi connectivity index (χ2v) is 8.47. The van der Waals surface area contributed by atoms with Crippen molar-refractivity contribution in [1.82, 2.24) is 14.8 Å². The van der Waals surface area contributed by atoms with Gasteiger partial charge in [0.25, 0.3) is 0 Å². The first-order valence-corrected chi connectivity index (χ1v) is 10.8. The van der Waals surface area contributed by atoms with Gasteiger partial charge in [-0.2, -0.15) is 0 Å². The molecule has 1 fully saturated rings. The summed E-state index contributed by atoms with van der Waals surface area (Å²) in [6.07, 6.45) is 2.60. The van der Waals surface area contributed by atoms with Gasteiger partial charge < -0.3 is 4.90 Å². The maximum Gasteiger partial charge on any atom is 0.241 e. The number of likely N-dealkylation sites (tertiary alicyclic amines) is 1. The average Bonchev–Trinajstić information content (AvgIpc) is 3.06. The summed E-state index contributed by atoms with van der Waals surface area (Å²) in [6.45, 7) is 0.210. The van der Waals surface area contributed by atoms with Crippen LogP contribution in [0.25, 0.3) is 0 Å². The van der Waals surface area contributed by atoms with E-state index in [1.54, 1.807) is 49.8 Å². The third kappa shape index (κ3) is 4.71. The fourth-order valence-corrected chi connectivity index (χ4v) is 4.23. The number of hydrogen-bond acceptors (Lipinski definition) is 4. The summed E-state index contributed by atoms with van der Waals surface area (Å²) in [5.41, 5.74) is 0.140. The lowest BCUT2D eigenvalue weighted by molar-refractivity contribution is -0.143. The van der Waals surface area contributed by atoms with E-state index in [1.807, 2.05) is 0 Å². The van der Waals surface area contributed by atoms with Crippen LogP contribution in [0.5, 0.6) is 0 Å². The molecule has 4 rings (SSSR count). The van der Waals surface area contributed by atoms with Crippen molar-refractivity contribution in [2.75, 3.05) is 7.05 Å². The summed E-state index contributed by atoms with van der Waals surface area (Å²) in [5.74, 6) is -2.32. The summed E-state index contributed by atoms with van der Waals surface area (Å²) >= 11 is 0. The van der Waals surface area contributed by atoms with E-state index in [-0.39, 0.29) is 37.3 Å². The standard InChI is InChI=1S/C26H23F2N3O3/c1-30(16-18-7-9-21(27)10-8-18)23(32)13-26(20-5-2-6-22(28)12-20)14-24(33)31(25(26)34)17-19-4-3-11-29-15-19/h2-12,15H,13-14,16-17H2,1H3/t26-/m0/s1. The highest BCUT2D eigenvalue weighted by atomic mass is 19.1. The van der Waals surface area contributed by atoms with Gasteiger partial charge in [0, 0.05) is 38.8 Å². The number of halogens is 2. The van der Waals surface area contributed by atoms with Gasteiger partial charge in [-0.05, 0) is 47.0 Å². The minimum absolute atomic E-state index is 0.0161. The summed E-state index contributed by atoms with van der Waals surface area (Å²) in [6, 6.07) is 14.7. The van der Waals surface area contributed by atoms with E-state index >= 15 is 0 Å². The summed E-state index contributed by atoms with van der Waals surface area (Å²) in [5, 5.41) is 0. The molecule has 0 unspecified atom stereocenters. The molecule has 0 aliphatic carbocycles. The van der Waals surface area contributed by atoms with Crippen LogP contribution in [-0.2, 0) is 32.9 Å². The molecule has 1 saturated heterocycles. The fourth-order valence-electron chi connectivity index (χ4n) is 4.23. The number of pyridine rings is 1. The van der Waals surface area contributed by atoms with Crippen molar-refractivity contribution in [3.8, 4) is 0 Å². The summed E-state index contributed by atoms with van der Waals surface area (Å²) in [7, 11) is 1.57. The van der Waals surface area contributed by atoms with Crippen molar-refractivity contribution in [3.63, 3.8) is 0 Å². The zero-order chi connectivity index (χ0) is 24.3. The van der Waals surface area contributed by atoms with Crippen molar-refractivity contribution in [2.24, 2.45) is 0 Å². The van der Waals surface area contributed by atoms with Crippen LogP contribution in [0.1, 0.15) is 29.5 Å². The monoisotopic (exact) mass is 463 g/mol. The molecule has 1 aromatic heterocycles. The molecular weight excluding hydrogens is 440 g/mol. The molecule has 3 amide bonds. The van der Waals surface area contributed by atoms with E-state index in [0.29, 0.717) is 11.1 Å². The summed E-state index contributed by atoms with van der Waals surface area (Å²) < 4.78 is 27.3. The molecule has 2 heterocycles. The van der Waals surface area contributed by atoms with Crippen molar-refractivity contribution in [2.45, 2.75) is 31.3 Å². The van der Waals surface area contributed by atoms with Crippen LogP contribution < -0.4 is 0 Å². The van der Waals surface area contributed by atoms with Gasteiger partial charge in [-0.25, -0.2) is 8.78 Å². The predicted octanol–water partition coefficient (Wildman–Crippen LogP) is 3.61. The van der Waals surface area contributed by atoms with Crippen LogP contribution in [0.15, 0.2) is 73.1 Å². The molecule has 8 heteroatoms. The number of hydrogen-bond donors (Lipinski definition) is 0. The second kappa shape index (κ2) is 9.51. The Hall–Kier alpha value is -3.94.